The number of aliphatic hydroxyl groups is 3. The van der Waals surface area contributed by atoms with Gasteiger partial charge in [-0.3, -0.25) is 19.2 Å². The van der Waals surface area contributed by atoms with Gasteiger partial charge in [-0.2, -0.15) is 0 Å². The zero-order chi connectivity index (χ0) is 44.9. The first-order valence-corrected chi connectivity index (χ1v) is 20.5. The molecule has 0 unspecified atom stereocenters. The number of ether oxygens (including phenoxy) is 5. The van der Waals surface area contributed by atoms with Crippen molar-refractivity contribution in [2.75, 3.05) is 6.61 Å². The third kappa shape index (κ3) is 7.84. The van der Waals surface area contributed by atoms with Gasteiger partial charge in [-0.1, -0.05) is 80.6 Å². The molecule has 63 heavy (non-hydrogen) atoms. The molecule has 1 amide bonds. The molecule has 3 fully saturated rings. The van der Waals surface area contributed by atoms with Gasteiger partial charge in [0.2, 0.25) is 0 Å². The number of ketones is 1. The maximum atomic E-state index is 15.5. The summed E-state index contributed by atoms with van der Waals surface area (Å²) in [7, 11) is 0. The quantitative estimate of drug-likeness (QED) is 0.130. The number of rotatable bonds is 10. The summed E-state index contributed by atoms with van der Waals surface area (Å²) >= 11 is 0. The molecule has 7 rings (SSSR count). The average molecular weight is 872 g/mol. The number of hydrogen-bond acceptors (Lipinski definition) is 14. The Morgan fingerprint density at radius 3 is 1.94 bits per heavy atom. The number of carbonyl (C=O) groups excluding carboxylic acids is 6. The predicted octanol–water partition coefficient (Wildman–Crippen LogP) is 2.91. The molecule has 6 N–H and O–H groups in total. The van der Waals surface area contributed by atoms with Crippen LogP contribution in [-0.4, -0.2) is 111 Å². The van der Waals surface area contributed by atoms with Crippen LogP contribution in [0.3, 0.4) is 0 Å². The van der Waals surface area contributed by atoms with Crippen molar-refractivity contribution in [3.63, 3.8) is 0 Å². The molecule has 4 aliphatic rings. The van der Waals surface area contributed by atoms with Gasteiger partial charge in [0.15, 0.2) is 23.6 Å². The molecule has 0 spiro atoms. The fourth-order valence-corrected chi connectivity index (χ4v) is 10.2. The minimum absolute atomic E-state index is 0. The smallest absolute Gasteiger partial charge is 0.338 e. The van der Waals surface area contributed by atoms with Gasteiger partial charge in [0, 0.05) is 37.7 Å². The van der Waals surface area contributed by atoms with Crippen LogP contribution in [0.25, 0.3) is 0 Å². The molecule has 0 radical (unpaired) electrons. The number of benzene rings is 3. The van der Waals surface area contributed by atoms with Crippen LogP contribution in [0.15, 0.2) is 102 Å². The molecular weight excluding hydrogens is 819 g/mol. The molecule has 16 heteroatoms. The molecule has 336 valence electrons. The Bertz CT molecular complexity index is 2280. The molecule has 2 saturated carbocycles. The van der Waals surface area contributed by atoms with E-state index in [0.29, 0.717) is 5.56 Å². The van der Waals surface area contributed by atoms with Gasteiger partial charge in [-0.05, 0) is 54.8 Å². The fraction of sp³-hybridized carbons (Fsp3) is 0.447. The Morgan fingerprint density at radius 2 is 1.40 bits per heavy atom. The summed E-state index contributed by atoms with van der Waals surface area (Å²) in [5.74, 6) is -6.84. The van der Waals surface area contributed by atoms with Crippen molar-refractivity contribution in [2.24, 2.45) is 16.7 Å². The molecule has 1 aliphatic heterocycles. The van der Waals surface area contributed by atoms with Gasteiger partial charge in [0.1, 0.15) is 23.9 Å². The molecule has 3 aromatic carbocycles. The van der Waals surface area contributed by atoms with E-state index in [2.05, 4.69) is 5.32 Å². The van der Waals surface area contributed by atoms with Crippen molar-refractivity contribution in [2.45, 2.75) is 108 Å². The molecule has 1 saturated heterocycles. The van der Waals surface area contributed by atoms with Crippen molar-refractivity contribution in [1.82, 2.24) is 5.32 Å². The number of amides is 1. The maximum absolute atomic E-state index is 15.5. The molecular formula is C47H53NO15. The van der Waals surface area contributed by atoms with Crippen molar-refractivity contribution in [3.8, 4) is 0 Å². The molecule has 3 aliphatic carbocycles. The highest BCUT2D eigenvalue weighted by Gasteiger charge is 2.78. The molecule has 1 heterocycles. The van der Waals surface area contributed by atoms with Crippen LogP contribution >= 0.6 is 0 Å². The average Bonchev–Trinajstić information content (AvgIpc) is 3.24. The van der Waals surface area contributed by atoms with E-state index < -0.39 is 113 Å². The Morgan fingerprint density at radius 1 is 0.825 bits per heavy atom. The number of carbonyl (C=O) groups is 6. The first kappa shape index (κ1) is 46.7. The summed E-state index contributed by atoms with van der Waals surface area (Å²) in [5.41, 5.74) is -7.02. The molecule has 2 bridgehead atoms. The maximum Gasteiger partial charge on any atom is 0.338 e. The number of nitrogens with one attached hydrogen (secondary N) is 1. The van der Waals surface area contributed by atoms with Gasteiger partial charge in [-0.15, -0.1) is 0 Å². The Balaban J connectivity index is 0.00000661. The topological polar surface area (TPSA) is 253 Å². The highest BCUT2D eigenvalue weighted by Crippen LogP contribution is 2.64. The van der Waals surface area contributed by atoms with E-state index in [4.69, 9.17) is 23.7 Å². The van der Waals surface area contributed by atoms with Crippen LogP contribution in [0.2, 0.25) is 0 Å². The van der Waals surface area contributed by atoms with Crippen molar-refractivity contribution >= 4 is 35.6 Å². The zero-order valence-corrected chi connectivity index (χ0v) is 35.7. The van der Waals surface area contributed by atoms with Crippen LogP contribution in [0.4, 0.5) is 0 Å². The molecule has 0 aromatic heterocycles. The standard InChI is InChI=1S/C47H51NO14.H2O/c1-25-31(60-43(56)36(52)35(28-16-10-7-11-17-28)48-41(54)29-18-12-8-13-19-29)23-47(57)40(61-42(55)30-20-14-9-15-21-30)38-45(6,32(51)22-33-46(38,24-58-33)62-27(3)50)39(53)37(59-26(2)49)34(25)44(47,4)5;/h7-21,31-33,35-38,40,51-52,57H,22-24H2,1-6H3,(H,48,54);1H2/t31-,32-,33+,35-,36+,37+,38-,40-,45+,46-,47+;/m0./s1. The molecule has 16 nitrogen and oxygen atoms in total. The SMILES string of the molecule is CC(=O)O[C@H]1C(=O)[C@@]2(C)[C@H]([C@H](OC(=O)c3ccccc3)[C@]3(O)C[C@H](OC(=O)[C@H](O)[C@@H](NC(=O)c4ccccc4)c4ccccc4)C(C)=C1C3(C)C)[C@]1(OC(C)=O)CO[C@@H]1C[C@@H]2O.O. The van der Waals surface area contributed by atoms with Gasteiger partial charge in [0.05, 0.1) is 35.6 Å². The zero-order valence-electron chi connectivity index (χ0n) is 35.7. The number of fused-ring (bicyclic) bond motifs is 5. The summed E-state index contributed by atoms with van der Waals surface area (Å²) in [6, 6.07) is 22.9. The summed E-state index contributed by atoms with van der Waals surface area (Å²) < 4.78 is 30.3. The first-order chi connectivity index (χ1) is 29.3. The minimum Gasteiger partial charge on any atom is -0.456 e. The Labute approximate surface area is 363 Å². The number of hydrogen-bond donors (Lipinski definition) is 4. The molecule has 11 atom stereocenters. The Kier molecular flexibility index (Phi) is 12.9. The number of esters is 4. The van der Waals surface area contributed by atoms with E-state index in [0.717, 1.165) is 13.8 Å². The van der Waals surface area contributed by atoms with Crippen LogP contribution in [-0.2, 0) is 42.9 Å². The van der Waals surface area contributed by atoms with Gasteiger partial charge >= 0.3 is 23.9 Å². The first-order valence-electron chi connectivity index (χ1n) is 20.5. The summed E-state index contributed by atoms with van der Waals surface area (Å²) in [6.45, 7) is 7.97. The van der Waals surface area contributed by atoms with Crippen LogP contribution in [0, 0.1) is 16.7 Å². The third-order valence-electron chi connectivity index (χ3n) is 13.5. The third-order valence-corrected chi connectivity index (χ3v) is 13.5. The second kappa shape index (κ2) is 17.4. The van der Waals surface area contributed by atoms with Crippen molar-refractivity contribution in [1.29, 1.82) is 0 Å². The van der Waals surface area contributed by atoms with E-state index in [9.17, 15) is 39.3 Å². The lowest BCUT2D eigenvalue weighted by Crippen LogP contribution is -2.82. The van der Waals surface area contributed by atoms with Crippen LogP contribution in [0.1, 0.15) is 86.7 Å². The Hall–Kier alpha value is -5.78. The lowest BCUT2D eigenvalue weighted by Gasteiger charge is -2.67. The summed E-state index contributed by atoms with van der Waals surface area (Å²) in [4.78, 5) is 83.5. The largest absolute Gasteiger partial charge is 0.456 e. The summed E-state index contributed by atoms with van der Waals surface area (Å²) in [5, 5.41) is 40.2. The number of Topliss-reactive ketones (excluding diaryl/α,β-unsaturated/α-hetero) is 1. The highest BCUT2D eigenvalue weighted by molar-refractivity contribution is 5.96. The van der Waals surface area contributed by atoms with Crippen LogP contribution in [0.5, 0.6) is 0 Å². The highest BCUT2D eigenvalue weighted by atomic mass is 16.6. The van der Waals surface area contributed by atoms with E-state index >= 15 is 4.79 Å². The van der Waals surface area contributed by atoms with Gasteiger partial charge in [0.25, 0.3) is 5.91 Å². The lowest BCUT2D eigenvalue weighted by molar-refractivity contribution is -0.346. The van der Waals surface area contributed by atoms with Crippen molar-refractivity contribution in [3.05, 3.63) is 119 Å². The van der Waals surface area contributed by atoms with Crippen molar-refractivity contribution < 1.29 is 73.2 Å². The number of aliphatic hydroxyl groups excluding tert-OH is 2. The van der Waals surface area contributed by atoms with Gasteiger partial charge in [-0.25, -0.2) is 9.59 Å². The normalized spacial score (nSPS) is 31.3. The minimum atomic E-state index is -2.39. The van der Waals surface area contributed by atoms with E-state index in [1.54, 1.807) is 92.7 Å². The predicted molar refractivity (Wildman–Crippen MR) is 221 cm³/mol. The van der Waals surface area contributed by atoms with E-state index in [1.807, 2.05) is 0 Å². The van der Waals surface area contributed by atoms with Crippen LogP contribution < -0.4 is 5.32 Å². The molecule has 3 aromatic rings. The van der Waals surface area contributed by atoms with E-state index in [1.165, 1.54) is 26.0 Å². The monoisotopic (exact) mass is 871 g/mol. The second-order valence-corrected chi connectivity index (χ2v) is 17.4. The summed E-state index contributed by atoms with van der Waals surface area (Å²) in [6.07, 6.45) is -10.5. The second-order valence-electron chi connectivity index (χ2n) is 17.4. The van der Waals surface area contributed by atoms with E-state index in [-0.39, 0.29) is 40.8 Å². The van der Waals surface area contributed by atoms with Gasteiger partial charge < -0.3 is 49.8 Å². The fourth-order valence-electron chi connectivity index (χ4n) is 10.2. The lowest BCUT2D eigenvalue weighted by atomic mass is 9.44.